The molecular weight excluding hydrogens is 382 g/mol. The SMILES string of the molecule is CCCSc1nc(NCC(OC)OC)c2c3c(sc2n1)CO[C@@](C)(CC)C3. The van der Waals surface area contributed by atoms with Gasteiger partial charge >= 0.3 is 0 Å². The third-order valence-corrected chi connectivity index (χ3v) is 7.11. The Morgan fingerprint density at radius 2 is 2.07 bits per heavy atom. The van der Waals surface area contributed by atoms with Crippen molar-refractivity contribution in [2.45, 2.75) is 63.7 Å². The number of hydrogen-bond donors (Lipinski definition) is 1. The summed E-state index contributed by atoms with van der Waals surface area (Å²) in [6.07, 6.45) is 2.64. The summed E-state index contributed by atoms with van der Waals surface area (Å²) in [5, 5.41) is 5.38. The van der Waals surface area contributed by atoms with Crippen LogP contribution in [0.1, 0.15) is 44.1 Å². The summed E-state index contributed by atoms with van der Waals surface area (Å²) in [6, 6.07) is 0. The van der Waals surface area contributed by atoms with Crippen LogP contribution in [0.5, 0.6) is 0 Å². The molecule has 0 aromatic carbocycles. The van der Waals surface area contributed by atoms with Gasteiger partial charge in [-0.25, -0.2) is 9.97 Å². The summed E-state index contributed by atoms with van der Waals surface area (Å²) < 4.78 is 16.8. The molecule has 1 atom stereocenters. The lowest BCUT2D eigenvalue weighted by molar-refractivity contribution is -0.0914. The molecule has 1 aliphatic rings. The normalized spacial score (nSPS) is 19.6. The fraction of sp³-hybridized carbons (Fsp3) is 0.684. The van der Waals surface area contributed by atoms with Crippen molar-refractivity contribution in [3.8, 4) is 0 Å². The second kappa shape index (κ2) is 9.05. The summed E-state index contributed by atoms with van der Waals surface area (Å²) in [6.45, 7) is 7.71. The summed E-state index contributed by atoms with van der Waals surface area (Å²) in [5.74, 6) is 1.88. The maximum Gasteiger partial charge on any atom is 0.190 e. The molecule has 0 unspecified atom stereocenters. The molecule has 0 saturated carbocycles. The Bertz CT molecular complexity index is 779. The number of thioether (sulfide) groups is 1. The summed E-state index contributed by atoms with van der Waals surface area (Å²) in [7, 11) is 3.29. The Balaban J connectivity index is 2.01. The van der Waals surface area contributed by atoms with Crippen LogP contribution in [0.4, 0.5) is 5.82 Å². The number of rotatable bonds is 9. The predicted octanol–water partition coefficient (Wildman–Crippen LogP) is 4.47. The number of anilines is 1. The lowest BCUT2D eigenvalue weighted by atomic mass is 9.90. The molecule has 8 heteroatoms. The molecule has 150 valence electrons. The van der Waals surface area contributed by atoms with Gasteiger partial charge in [0.05, 0.1) is 24.1 Å². The van der Waals surface area contributed by atoms with Crippen molar-refractivity contribution in [2.75, 3.05) is 31.8 Å². The van der Waals surface area contributed by atoms with Crippen molar-refractivity contribution < 1.29 is 14.2 Å². The Morgan fingerprint density at radius 1 is 1.30 bits per heavy atom. The Hall–Kier alpha value is -0.930. The van der Waals surface area contributed by atoms with Crippen molar-refractivity contribution in [1.82, 2.24) is 9.97 Å². The van der Waals surface area contributed by atoms with E-state index in [0.717, 1.165) is 46.2 Å². The highest BCUT2D eigenvalue weighted by Crippen LogP contribution is 2.42. The fourth-order valence-electron chi connectivity index (χ4n) is 3.11. The zero-order chi connectivity index (χ0) is 19.4. The Morgan fingerprint density at radius 3 is 2.74 bits per heavy atom. The lowest BCUT2D eigenvalue weighted by Crippen LogP contribution is -2.34. The highest BCUT2D eigenvalue weighted by Gasteiger charge is 2.33. The standard InChI is InChI=1S/C19H29N3O3S2/c1-6-8-26-18-21-16(20-10-14(23-4)24-5)15-12-9-19(3,7-2)25-11-13(12)27-17(15)22-18/h14H,6-11H2,1-5H3,(H,20,21,22)/t19-/m0/s1. The number of hydrogen-bond acceptors (Lipinski definition) is 8. The highest BCUT2D eigenvalue weighted by molar-refractivity contribution is 7.99. The molecule has 2 aromatic rings. The van der Waals surface area contributed by atoms with E-state index in [-0.39, 0.29) is 11.9 Å². The van der Waals surface area contributed by atoms with E-state index in [2.05, 4.69) is 26.1 Å². The molecule has 0 fully saturated rings. The maximum absolute atomic E-state index is 6.14. The Labute approximate surface area is 169 Å². The quantitative estimate of drug-likeness (QED) is 0.371. The average Bonchev–Trinajstić information content (AvgIpc) is 3.04. The minimum absolute atomic E-state index is 0.129. The van der Waals surface area contributed by atoms with Gasteiger partial charge in [0.2, 0.25) is 0 Å². The van der Waals surface area contributed by atoms with E-state index in [9.17, 15) is 0 Å². The van der Waals surface area contributed by atoms with Crippen LogP contribution in [0.15, 0.2) is 5.16 Å². The van der Waals surface area contributed by atoms with Crippen LogP contribution in [0.25, 0.3) is 10.2 Å². The van der Waals surface area contributed by atoms with Gasteiger partial charge in [-0.2, -0.15) is 0 Å². The number of nitrogens with zero attached hydrogens (tertiary/aromatic N) is 2. The maximum atomic E-state index is 6.14. The number of methoxy groups -OCH3 is 2. The molecule has 0 bridgehead atoms. The van der Waals surface area contributed by atoms with Crippen LogP contribution in [0.3, 0.4) is 0 Å². The van der Waals surface area contributed by atoms with E-state index in [1.807, 2.05) is 0 Å². The molecule has 0 aliphatic carbocycles. The van der Waals surface area contributed by atoms with E-state index < -0.39 is 0 Å². The zero-order valence-corrected chi connectivity index (χ0v) is 18.4. The van der Waals surface area contributed by atoms with Gasteiger partial charge in [-0.1, -0.05) is 25.6 Å². The highest BCUT2D eigenvalue weighted by atomic mass is 32.2. The van der Waals surface area contributed by atoms with Gasteiger partial charge in [0.1, 0.15) is 10.6 Å². The van der Waals surface area contributed by atoms with Gasteiger partial charge in [-0.15, -0.1) is 11.3 Å². The number of fused-ring (bicyclic) bond motifs is 3. The van der Waals surface area contributed by atoms with Gasteiger partial charge in [0, 0.05) is 31.3 Å². The largest absolute Gasteiger partial charge is 0.369 e. The third kappa shape index (κ3) is 4.56. The van der Waals surface area contributed by atoms with E-state index in [1.54, 1.807) is 37.3 Å². The molecular formula is C19H29N3O3S2. The molecule has 0 saturated heterocycles. The lowest BCUT2D eigenvalue weighted by Gasteiger charge is -2.33. The first-order chi connectivity index (χ1) is 13.0. The average molecular weight is 412 g/mol. The minimum Gasteiger partial charge on any atom is -0.369 e. The smallest absolute Gasteiger partial charge is 0.190 e. The van der Waals surface area contributed by atoms with Gasteiger partial charge in [0.15, 0.2) is 11.4 Å². The van der Waals surface area contributed by atoms with Crippen LogP contribution in [0.2, 0.25) is 0 Å². The molecule has 2 aromatic heterocycles. The molecule has 0 radical (unpaired) electrons. The molecule has 0 amide bonds. The molecule has 1 N–H and O–H groups in total. The molecule has 6 nitrogen and oxygen atoms in total. The van der Waals surface area contributed by atoms with Gasteiger partial charge < -0.3 is 19.5 Å². The number of nitrogens with one attached hydrogen (secondary N) is 1. The number of ether oxygens (including phenoxy) is 3. The van der Waals surface area contributed by atoms with Crippen molar-refractivity contribution in [2.24, 2.45) is 0 Å². The van der Waals surface area contributed by atoms with Crippen molar-refractivity contribution in [3.63, 3.8) is 0 Å². The van der Waals surface area contributed by atoms with Crippen LogP contribution < -0.4 is 5.32 Å². The first-order valence-electron chi connectivity index (χ1n) is 9.42. The van der Waals surface area contributed by atoms with Crippen LogP contribution in [-0.4, -0.2) is 48.4 Å². The van der Waals surface area contributed by atoms with Crippen molar-refractivity contribution in [1.29, 1.82) is 0 Å². The molecule has 0 spiro atoms. The second-order valence-corrected chi connectivity index (χ2v) is 9.08. The zero-order valence-electron chi connectivity index (χ0n) is 16.8. The summed E-state index contributed by atoms with van der Waals surface area (Å²) in [5.41, 5.74) is 1.20. The van der Waals surface area contributed by atoms with Crippen molar-refractivity contribution >= 4 is 39.1 Å². The molecule has 27 heavy (non-hydrogen) atoms. The van der Waals surface area contributed by atoms with Gasteiger partial charge in [0.25, 0.3) is 0 Å². The van der Waals surface area contributed by atoms with Crippen LogP contribution >= 0.6 is 23.1 Å². The number of thiophene rings is 1. The summed E-state index contributed by atoms with van der Waals surface area (Å²) >= 11 is 3.42. The Kier molecular flexibility index (Phi) is 6.97. The predicted molar refractivity (Wildman–Crippen MR) is 112 cm³/mol. The van der Waals surface area contributed by atoms with Gasteiger partial charge in [-0.3, -0.25) is 0 Å². The van der Waals surface area contributed by atoms with E-state index in [4.69, 9.17) is 24.2 Å². The molecule has 1 aliphatic heterocycles. The van der Waals surface area contributed by atoms with E-state index >= 15 is 0 Å². The second-order valence-electron chi connectivity index (χ2n) is 6.94. The van der Waals surface area contributed by atoms with Gasteiger partial charge in [-0.05, 0) is 25.3 Å². The van der Waals surface area contributed by atoms with Crippen molar-refractivity contribution in [3.05, 3.63) is 10.4 Å². The molecule has 3 heterocycles. The topological polar surface area (TPSA) is 65.5 Å². The first kappa shape index (κ1) is 20.8. The van der Waals surface area contributed by atoms with Crippen LogP contribution in [0, 0.1) is 0 Å². The monoisotopic (exact) mass is 411 g/mol. The van der Waals surface area contributed by atoms with E-state index in [1.165, 1.54) is 10.4 Å². The third-order valence-electron chi connectivity index (χ3n) is 4.96. The minimum atomic E-state index is -0.319. The number of aromatic nitrogens is 2. The van der Waals surface area contributed by atoms with Crippen LogP contribution in [-0.2, 0) is 27.2 Å². The fourth-order valence-corrected chi connectivity index (χ4v) is 4.97. The molecule has 3 rings (SSSR count). The first-order valence-corrected chi connectivity index (χ1v) is 11.2. The van der Waals surface area contributed by atoms with E-state index in [0.29, 0.717) is 13.2 Å². The summed E-state index contributed by atoms with van der Waals surface area (Å²) in [4.78, 5) is 12.0.